The summed E-state index contributed by atoms with van der Waals surface area (Å²) in [5.41, 5.74) is 8.84. The third-order valence-electron chi connectivity index (χ3n) is 2.89. The first-order chi connectivity index (χ1) is 7.93. The second kappa shape index (κ2) is 4.06. The van der Waals surface area contributed by atoms with E-state index in [4.69, 9.17) is 10.7 Å². The zero-order valence-electron chi connectivity index (χ0n) is 11.1. The van der Waals surface area contributed by atoms with Gasteiger partial charge in [0.05, 0.1) is 11.0 Å². The number of nitrogens with zero attached hydrogens (tertiary/aromatic N) is 2. The molecule has 3 heteroatoms. The Morgan fingerprint density at radius 1 is 1.29 bits per heavy atom. The lowest BCUT2D eigenvalue weighted by Gasteiger charge is -2.19. The van der Waals surface area contributed by atoms with Crippen LogP contribution in [0.25, 0.3) is 11.0 Å². The van der Waals surface area contributed by atoms with Gasteiger partial charge in [0.15, 0.2) is 0 Å². The van der Waals surface area contributed by atoms with Crippen LogP contribution < -0.4 is 5.73 Å². The summed E-state index contributed by atoms with van der Waals surface area (Å²) in [6.45, 7) is 9.79. The molecule has 0 saturated carbocycles. The molecule has 1 aromatic carbocycles. The molecule has 0 aliphatic carbocycles. The van der Waals surface area contributed by atoms with Crippen LogP contribution in [-0.4, -0.2) is 9.55 Å². The third-order valence-corrected chi connectivity index (χ3v) is 2.89. The van der Waals surface area contributed by atoms with Gasteiger partial charge in [-0.3, -0.25) is 0 Å². The Morgan fingerprint density at radius 3 is 2.59 bits per heavy atom. The Morgan fingerprint density at radius 2 is 2.00 bits per heavy atom. The van der Waals surface area contributed by atoms with Crippen molar-refractivity contribution in [2.24, 2.45) is 0 Å². The fourth-order valence-corrected chi connectivity index (χ4v) is 2.17. The van der Waals surface area contributed by atoms with E-state index >= 15 is 0 Å². The predicted octanol–water partition coefficient (Wildman–Crippen LogP) is 3.33. The normalized spacial score (nSPS) is 12.2. The van der Waals surface area contributed by atoms with E-state index in [0.29, 0.717) is 0 Å². The van der Waals surface area contributed by atoms with Crippen molar-refractivity contribution in [1.82, 2.24) is 9.55 Å². The Bertz CT molecular complexity index is 532. The van der Waals surface area contributed by atoms with Gasteiger partial charge in [-0.25, -0.2) is 4.98 Å². The maximum atomic E-state index is 5.82. The van der Waals surface area contributed by atoms with E-state index < -0.39 is 0 Å². The van der Waals surface area contributed by atoms with Crippen molar-refractivity contribution >= 4 is 16.7 Å². The number of hydrogen-bond acceptors (Lipinski definition) is 2. The van der Waals surface area contributed by atoms with Crippen molar-refractivity contribution in [3.05, 3.63) is 24.0 Å². The highest BCUT2D eigenvalue weighted by Gasteiger charge is 2.22. The lowest BCUT2D eigenvalue weighted by atomic mass is 9.95. The van der Waals surface area contributed by atoms with Crippen molar-refractivity contribution in [2.75, 3.05) is 5.73 Å². The summed E-state index contributed by atoms with van der Waals surface area (Å²) in [5, 5.41) is 0. The minimum absolute atomic E-state index is 0.0585. The molecule has 0 atom stereocenters. The van der Waals surface area contributed by atoms with Crippen LogP contribution in [0.2, 0.25) is 0 Å². The molecule has 2 rings (SSSR count). The molecule has 17 heavy (non-hydrogen) atoms. The van der Waals surface area contributed by atoms with Crippen molar-refractivity contribution in [2.45, 2.75) is 46.1 Å². The molecule has 0 spiro atoms. The molecule has 0 amide bonds. The van der Waals surface area contributed by atoms with E-state index in [1.807, 2.05) is 12.1 Å². The van der Waals surface area contributed by atoms with Gasteiger partial charge in [-0.1, -0.05) is 27.7 Å². The Labute approximate surface area is 103 Å². The fraction of sp³-hybridized carbons (Fsp3) is 0.500. The van der Waals surface area contributed by atoms with Gasteiger partial charge in [0.1, 0.15) is 5.82 Å². The fourth-order valence-electron chi connectivity index (χ4n) is 2.17. The number of imidazole rings is 1. The molecule has 0 aliphatic heterocycles. The van der Waals surface area contributed by atoms with Gasteiger partial charge in [0.2, 0.25) is 0 Å². The van der Waals surface area contributed by atoms with Crippen LogP contribution in [0.3, 0.4) is 0 Å². The maximum Gasteiger partial charge on any atom is 0.115 e. The topological polar surface area (TPSA) is 43.8 Å². The largest absolute Gasteiger partial charge is 0.399 e. The molecule has 0 saturated heterocycles. The quantitative estimate of drug-likeness (QED) is 0.806. The minimum atomic E-state index is 0.0585. The molecule has 92 valence electrons. The highest BCUT2D eigenvalue weighted by Crippen LogP contribution is 2.27. The predicted molar refractivity (Wildman–Crippen MR) is 73.1 cm³/mol. The third kappa shape index (κ3) is 2.14. The maximum absolute atomic E-state index is 5.82. The summed E-state index contributed by atoms with van der Waals surface area (Å²) in [4.78, 5) is 4.75. The van der Waals surface area contributed by atoms with Gasteiger partial charge < -0.3 is 10.3 Å². The van der Waals surface area contributed by atoms with Gasteiger partial charge in [-0.15, -0.1) is 0 Å². The monoisotopic (exact) mass is 231 g/mol. The average Bonchev–Trinajstić information content (AvgIpc) is 2.56. The zero-order chi connectivity index (χ0) is 12.6. The number of benzene rings is 1. The number of rotatable bonds is 2. The summed E-state index contributed by atoms with van der Waals surface area (Å²) in [7, 11) is 0. The van der Waals surface area contributed by atoms with E-state index in [9.17, 15) is 0 Å². The second-order valence-electron chi connectivity index (χ2n) is 5.59. The Kier molecular flexibility index (Phi) is 2.86. The number of fused-ring (bicyclic) bond motifs is 1. The van der Waals surface area contributed by atoms with Crippen molar-refractivity contribution in [3.63, 3.8) is 0 Å². The lowest BCUT2D eigenvalue weighted by Crippen LogP contribution is -2.19. The number of anilines is 1. The Hall–Kier alpha value is -1.51. The van der Waals surface area contributed by atoms with Gasteiger partial charge in [0, 0.05) is 17.6 Å². The molecule has 0 fully saturated rings. The minimum Gasteiger partial charge on any atom is -0.399 e. The van der Waals surface area contributed by atoms with Crippen molar-refractivity contribution in [1.29, 1.82) is 0 Å². The standard InChI is InChI=1S/C14H21N3/c1-5-8-17-12-7-6-10(15)9-11(12)16-13(17)14(2,3)4/h6-7,9H,5,8,15H2,1-4H3. The molecular weight excluding hydrogens is 210 g/mol. The van der Waals surface area contributed by atoms with Crippen LogP contribution in [0.15, 0.2) is 18.2 Å². The van der Waals surface area contributed by atoms with E-state index in [-0.39, 0.29) is 5.41 Å². The first-order valence-corrected chi connectivity index (χ1v) is 6.19. The summed E-state index contributed by atoms with van der Waals surface area (Å²) in [6.07, 6.45) is 1.11. The second-order valence-corrected chi connectivity index (χ2v) is 5.59. The number of hydrogen-bond donors (Lipinski definition) is 1. The van der Waals surface area contributed by atoms with E-state index in [0.717, 1.165) is 30.0 Å². The molecule has 1 heterocycles. The zero-order valence-corrected chi connectivity index (χ0v) is 11.1. The highest BCUT2D eigenvalue weighted by molar-refractivity contribution is 5.79. The SMILES string of the molecule is CCCn1c(C(C)(C)C)nc2cc(N)ccc21. The van der Waals surface area contributed by atoms with E-state index in [2.05, 4.69) is 38.3 Å². The molecule has 0 radical (unpaired) electrons. The van der Waals surface area contributed by atoms with E-state index in [1.165, 1.54) is 5.52 Å². The number of aryl methyl sites for hydroxylation is 1. The van der Waals surface area contributed by atoms with Crippen LogP contribution in [0.5, 0.6) is 0 Å². The molecular formula is C14H21N3. The van der Waals surface area contributed by atoms with Crippen LogP contribution >= 0.6 is 0 Å². The smallest absolute Gasteiger partial charge is 0.115 e. The van der Waals surface area contributed by atoms with Gasteiger partial charge in [-0.2, -0.15) is 0 Å². The highest BCUT2D eigenvalue weighted by atomic mass is 15.1. The summed E-state index contributed by atoms with van der Waals surface area (Å²) in [5.74, 6) is 1.14. The van der Waals surface area contributed by atoms with Crippen LogP contribution in [0, 0.1) is 0 Å². The first-order valence-electron chi connectivity index (χ1n) is 6.19. The Balaban J connectivity index is 2.70. The van der Waals surface area contributed by atoms with Crippen LogP contribution in [0.1, 0.15) is 39.9 Å². The van der Waals surface area contributed by atoms with Gasteiger partial charge in [-0.05, 0) is 24.6 Å². The number of nitrogens with two attached hydrogens (primary N) is 1. The number of aromatic nitrogens is 2. The van der Waals surface area contributed by atoms with Crippen molar-refractivity contribution in [3.8, 4) is 0 Å². The average molecular weight is 231 g/mol. The summed E-state index contributed by atoms with van der Waals surface area (Å²) < 4.78 is 2.31. The number of nitrogen functional groups attached to an aromatic ring is 1. The molecule has 2 N–H and O–H groups in total. The summed E-state index contributed by atoms with van der Waals surface area (Å²) in [6, 6.07) is 5.97. The molecule has 0 aliphatic rings. The van der Waals surface area contributed by atoms with Gasteiger partial charge >= 0.3 is 0 Å². The molecule has 2 aromatic rings. The molecule has 1 aromatic heterocycles. The van der Waals surface area contributed by atoms with Crippen LogP contribution in [0.4, 0.5) is 5.69 Å². The van der Waals surface area contributed by atoms with Crippen LogP contribution in [-0.2, 0) is 12.0 Å². The molecule has 0 unspecified atom stereocenters. The first kappa shape index (κ1) is 12.0. The lowest BCUT2D eigenvalue weighted by molar-refractivity contribution is 0.501. The van der Waals surface area contributed by atoms with E-state index in [1.54, 1.807) is 0 Å². The van der Waals surface area contributed by atoms with Gasteiger partial charge in [0.25, 0.3) is 0 Å². The molecule has 0 bridgehead atoms. The summed E-state index contributed by atoms with van der Waals surface area (Å²) >= 11 is 0. The molecule has 3 nitrogen and oxygen atoms in total. The van der Waals surface area contributed by atoms with Crippen molar-refractivity contribution < 1.29 is 0 Å².